The van der Waals surface area contributed by atoms with Crippen LogP contribution in [0, 0.1) is 5.92 Å². The van der Waals surface area contributed by atoms with Crippen molar-refractivity contribution in [2.75, 3.05) is 0 Å². The Bertz CT molecular complexity index is 649. The van der Waals surface area contributed by atoms with Gasteiger partial charge in [-0.1, -0.05) is 36.8 Å². The average Bonchev–Trinajstić information content (AvgIpc) is 3.13. The third-order valence-corrected chi connectivity index (χ3v) is 6.17. The van der Waals surface area contributed by atoms with E-state index in [1.54, 1.807) is 0 Å². The number of benzene rings is 1. The molecule has 0 radical (unpaired) electrons. The predicted molar refractivity (Wildman–Crippen MR) is 113 cm³/mol. The fourth-order valence-corrected chi connectivity index (χ4v) is 5.30. The quantitative estimate of drug-likeness (QED) is 0.317. The Morgan fingerprint density at radius 3 is 2.92 bits per heavy atom. The average molecular weight is 476 g/mol. The van der Waals surface area contributed by atoms with Gasteiger partial charge in [0.05, 0.1) is 12.6 Å². The predicted octanol–water partition coefficient (Wildman–Crippen LogP) is 6.22. The monoisotopic (exact) mass is 476 g/mol. The van der Waals surface area contributed by atoms with Crippen LogP contribution in [-0.2, 0) is 15.7 Å². The van der Waals surface area contributed by atoms with Crippen molar-refractivity contribution < 1.29 is 14.4 Å². The molecule has 1 aliphatic rings. The molecule has 2 unspecified atom stereocenters. The number of carboxylic acids is 1. The van der Waals surface area contributed by atoms with E-state index in [4.69, 9.17) is 14.4 Å². The second-order valence-electron chi connectivity index (χ2n) is 5.73. The number of rotatable bonds is 5. The molecule has 1 N–H and O–H groups in total. The molecule has 130 valence electrons. The van der Waals surface area contributed by atoms with Gasteiger partial charge in [-0.3, -0.25) is 4.79 Å². The minimum absolute atomic E-state index is 0.462. The third kappa shape index (κ3) is 6.43. The lowest BCUT2D eigenvalue weighted by atomic mass is 10.1. The molecule has 3 nitrogen and oxygen atoms in total. The highest BCUT2D eigenvalue weighted by Crippen LogP contribution is 2.36. The minimum Gasteiger partial charge on any atom is -0.481 e. The Morgan fingerprint density at radius 1 is 1.46 bits per heavy atom. The summed E-state index contributed by atoms with van der Waals surface area (Å²) in [5.41, 5.74) is 0. The fraction of sp³-hybridized carbons (Fsp3) is 0.389. The van der Waals surface area contributed by atoms with Gasteiger partial charge in [-0.2, -0.15) is 0 Å². The summed E-state index contributed by atoms with van der Waals surface area (Å²) in [6.45, 7) is 1.67. The van der Waals surface area contributed by atoms with Crippen LogP contribution in [0.5, 0.6) is 0 Å². The molecule has 6 heteroatoms. The van der Waals surface area contributed by atoms with Gasteiger partial charge in [-0.15, -0.1) is 11.3 Å². The Balaban J connectivity index is 0.000000471. The van der Waals surface area contributed by atoms with E-state index in [0.29, 0.717) is 18.5 Å². The Labute approximate surface area is 161 Å². The van der Waals surface area contributed by atoms with Gasteiger partial charge in [0.25, 0.3) is 5.97 Å². The topological polar surface area (TPSA) is 46.5 Å². The van der Waals surface area contributed by atoms with E-state index in [-0.39, 0.29) is 0 Å². The number of carbonyl (C=O) groups is 1. The zero-order valence-corrected chi connectivity index (χ0v) is 17.5. The molecule has 0 aliphatic heterocycles. The molecule has 1 aromatic heterocycles. The van der Waals surface area contributed by atoms with Gasteiger partial charge in [0.2, 0.25) is 0 Å². The van der Waals surface area contributed by atoms with Crippen LogP contribution >= 0.6 is 39.8 Å². The summed E-state index contributed by atoms with van der Waals surface area (Å²) < 4.78 is 7.22. The van der Waals surface area contributed by atoms with Crippen molar-refractivity contribution in [1.82, 2.24) is 0 Å². The number of thiophene rings is 1. The molecule has 2 aromatic rings. The first-order valence-electron chi connectivity index (χ1n) is 7.95. The number of hydrogen-bond acceptors (Lipinski definition) is 3. The number of aliphatic carboxylic acids is 1. The Morgan fingerprint density at radius 2 is 2.21 bits per heavy atom. The van der Waals surface area contributed by atoms with E-state index in [2.05, 4.69) is 64.5 Å². The van der Waals surface area contributed by atoms with Crippen LogP contribution in [0.3, 0.4) is 0 Å². The first-order chi connectivity index (χ1) is 11.6. The van der Waals surface area contributed by atoms with Gasteiger partial charge in [0, 0.05) is 22.4 Å². The van der Waals surface area contributed by atoms with Crippen LogP contribution in [0.15, 0.2) is 42.5 Å². The number of carboxylic acid groups (broad SMARTS) is 1. The largest absolute Gasteiger partial charge is 0.481 e. The maximum absolute atomic E-state index is 9.00. The van der Waals surface area contributed by atoms with Crippen LogP contribution in [-0.4, -0.2) is 17.2 Å². The highest BCUT2D eigenvalue weighted by atomic mass is 127. The molecular weight excluding hydrogens is 454 g/mol. The molecule has 0 amide bonds. The van der Waals surface area contributed by atoms with E-state index >= 15 is 0 Å². The lowest BCUT2D eigenvalue weighted by molar-refractivity contribution is -0.134. The van der Waals surface area contributed by atoms with E-state index in [1.807, 2.05) is 11.3 Å². The molecule has 0 bridgehead atoms. The molecule has 1 aliphatic carbocycles. The van der Waals surface area contributed by atoms with Crippen LogP contribution in [0.2, 0.25) is 0 Å². The van der Waals surface area contributed by atoms with Gasteiger partial charge in [-0.05, 0) is 58.8 Å². The van der Waals surface area contributed by atoms with Gasteiger partial charge in [0.1, 0.15) is 0 Å². The molecule has 1 aromatic carbocycles. The maximum atomic E-state index is 9.00. The van der Waals surface area contributed by atoms with Crippen molar-refractivity contribution in [3.63, 3.8) is 0 Å². The fourth-order valence-electron chi connectivity index (χ4n) is 2.87. The van der Waals surface area contributed by atoms with Gasteiger partial charge < -0.3 is 9.63 Å². The summed E-state index contributed by atoms with van der Waals surface area (Å²) in [6.07, 6.45) is 10.1. The van der Waals surface area contributed by atoms with Crippen molar-refractivity contribution in [2.45, 2.75) is 38.7 Å². The lowest BCUT2D eigenvalue weighted by Crippen LogP contribution is -2.11. The van der Waals surface area contributed by atoms with Crippen molar-refractivity contribution in [3.8, 4) is 0 Å². The van der Waals surface area contributed by atoms with Crippen LogP contribution in [0.4, 0.5) is 0 Å². The zero-order valence-electron chi connectivity index (χ0n) is 13.6. The SMILES string of the molecule is CC(=O)O.IPO[C@@H]1CCCC1/C=C/Cc1cc2ccccc2s1. The second-order valence-corrected chi connectivity index (χ2v) is 8.61. The van der Waals surface area contributed by atoms with Crippen molar-refractivity contribution in [3.05, 3.63) is 47.4 Å². The number of halogens is 1. The molecule has 0 spiro atoms. The lowest BCUT2D eigenvalue weighted by Gasteiger charge is -2.14. The molecule has 1 heterocycles. The Kier molecular flexibility index (Phi) is 8.67. The van der Waals surface area contributed by atoms with Crippen LogP contribution in [0.25, 0.3) is 10.1 Å². The number of fused-ring (bicyclic) bond motifs is 1. The minimum atomic E-state index is -0.833. The summed E-state index contributed by atoms with van der Waals surface area (Å²) in [7, 11) is 0. The van der Waals surface area contributed by atoms with Gasteiger partial charge in [-0.25, -0.2) is 0 Å². The molecule has 1 fully saturated rings. The first kappa shape index (κ1) is 19.8. The number of hydrogen-bond donors (Lipinski definition) is 1. The van der Waals surface area contributed by atoms with E-state index in [1.165, 1.54) is 34.2 Å². The molecule has 24 heavy (non-hydrogen) atoms. The second kappa shape index (κ2) is 10.5. The molecule has 3 rings (SSSR count). The highest BCUT2D eigenvalue weighted by Gasteiger charge is 2.25. The summed E-state index contributed by atoms with van der Waals surface area (Å²) >= 11 is 4.23. The maximum Gasteiger partial charge on any atom is 0.300 e. The van der Waals surface area contributed by atoms with E-state index in [9.17, 15) is 0 Å². The summed E-state index contributed by atoms with van der Waals surface area (Å²) in [6, 6.07) is 10.9. The van der Waals surface area contributed by atoms with Crippen molar-refractivity contribution in [1.29, 1.82) is 0 Å². The zero-order chi connectivity index (χ0) is 17.4. The smallest absolute Gasteiger partial charge is 0.300 e. The molecule has 0 saturated heterocycles. The first-order valence-corrected chi connectivity index (χ1v) is 12.8. The molecule has 1 saturated carbocycles. The summed E-state index contributed by atoms with van der Waals surface area (Å²) in [5, 5.41) is 8.79. The highest BCUT2D eigenvalue weighted by molar-refractivity contribution is 14.2. The van der Waals surface area contributed by atoms with E-state index in [0.717, 1.165) is 13.3 Å². The van der Waals surface area contributed by atoms with Crippen LogP contribution in [0.1, 0.15) is 31.1 Å². The van der Waals surface area contributed by atoms with Crippen molar-refractivity contribution >= 4 is 55.9 Å². The number of allylic oxidation sites excluding steroid dienone is 1. The van der Waals surface area contributed by atoms with Crippen molar-refractivity contribution in [2.24, 2.45) is 5.92 Å². The van der Waals surface area contributed by atoms with Gasteiger partial charge >= 0.3 is 0 Å². The normalized spacial score (nSPS) is 20.8. The van der Waals surface area contributed by atoms with E-state index < -0.39 is 5.97 Å². The molecular formula is C18H22IO3PS. The third-order valence-electron chi connectivity index (χ3n) is 3.88. The standard InChI is InChI=1S/C16H18IOPS.C2H4O2/c17-19-18-15-9-4-7-12(15)6-3-8-14-11-13-5-1-2-10-16(13)20-14;1-2(3)4/h1-3,5-6,10-12,15,19H,4,7-9H2;1H3,(H,3,4)/b6-3+;/t12?,15-;/m1./s1. The summed E-state index contributed by atoms with van der Waals surface area (Å²) in [4.78, 5) is 10.5. The summed E-state index contributed by atoms with van der Waals surface area (Å²) in [5.74, 6) is -0.202. The molecule has 3 atom stereocenters. The Hall–Kier alpha value is -0.490. The van der Waals surface area contributed by atoms with Crippen LogP contribution < -0.4 is 0 Å². The van der Waals surface area contributed by atoms with Gasteiger partial charge in [0.15, 0.2) is 0 Å².